The summed E-state index contributed by atoms with van der Waals surface area (Å²) in [7, 11) is 0. The van der Waals surface area contributed by atoms with Crippen molar-refractivity contribution in [1.29, 1.82) is 0 Å². The maximum absolute atomic E-state index is 15.0. The number of benzene rings is 1. The third kappa shape index (κ3) is 4.02. The average Bonchev–Trinajstić information content (AvgIpc) is 3.35. The first kappa shape index (κ1) is 19.3. The zero-order valence-corrected chi connectivity index (χ0v) is 17.2. The van der Waals surface area contributed by atoms with Crippen LogP contribution < -0.4 is 15.0 Å². The molecular weight excluding hydrogens is 401 g/mol. The van der Waals surface area contributed by atoms with E-state index in [-0.39, 0.29) is 11.8 Å². The summed E-state index contributed by atoms with van der Waals surface area (Å²) in [5.74, 6) is 1.39. The van der Waals surface area contributed by atoms with Crippen LogP contribution in [0.4, 0.5) is 21.8 Å². The normalized spacial score (nSPS) is 14.2. The molecule has 1 aromatic carbocycles. The molecule has 0 bridgehead atoms. The summed E-state index contributed by atoms with van der Waals surface area (Å²) in [5, 5.41) is 10.7. The Labute approximate surface area is 177 Å². The highest BCUT2D eigenvalue weighted by Gasteiger charge is 2.18. The van der Waals surface area contributed by atoms with E-state index in [4.69, 9.17) is 9.47 Å². The second-order valence-electron chi connectivity index (χ2n) is 7.45. The average molecular weight is 423 g/mol. The van der Waals surface area contributed by atoms with Gasteiger partial charge in [-0.1, -0.05) is 0 Å². The standard InChI is InChI=1S/C21H22FN7O2/c1-12-9-14-15(23-12)3-4-16(20(14)22)31-21-25-17(24-18-10-13(2)27-28-18)11-19(26-21)29-5-7-30-8-6-29/h3-4,9-11,23H,5-8H2,1-2H3,(H2,24,25,26,27,28). The van der Waals surface area contributed by atoms with Gasteiger partial charge in [0.15, 0.2) is 17.4 Å². The molecule has 3 N–H and O–H groups in total. The highest BCUT2D eigenvalue weighted by molar-refractivity contribution is 5.82. The van der Waals surface area contributed by atoms with E-state index in [1.54, 1.807) is 18.2 Å². The van der Waals surface area contributed by atoms with Crippen molar-refractivity contribution in [2.75, 3.05) is 36.5 Å². The molecule has 5 rings (SSSR count). The molecule has 0 spiro atoms. The third-order valence-corrected chi connectivity index (χ3v) is 5.03. The molecule has 10 heteroatoms. The fraction of sp³-hybridized carbons (Fsp3) is 0.286. The molecule has 4 heterocycles. The number of aromatic amines is 2. The topological polar surface area (TPSA) is 104 Å². The van der Waals surface area contributed by atoms with Gasteiger partial charge in [0.2, 0.25) is 0 Å². The molecule has 0 aliphatic carbocycles. The molecule has 0 saturated carbocycles. The number of halogens is 1. The van der Waals surface area contributed by atoms with Crippen molar-refractivity contribution in [3.05, 3.63) is 47.5 Å². The predicted molar refractivity (Wildman–Crippen MR) is 115 cm³/mol. The van der Waals surface area contributed by atoms with Crippen molar-refractivity contribution in [3.63, 3.8) is 0 Å². The minimum atomic E-state index is -0.459. The molecule has 1 aliphatic rings. The Bertz CT molecular complexity index is 1230. The summed E-state index contributed by atoms with van der Waals surface area (Å²) in [6.07, 6.45) is 0. The van der Waals surface area contributed by atoms with Gasteiger partial charge in [-0.2, -0.15) is 15.1 Å². The van der Waals surface area contributed by atoms with E-state index >= 15 is 4.39 Å². The highest BCUT2D eigenvalue weighted by Crippen LogP contribution is 2.31. The summed E-state index contributed by atoms with van der Waals surface area (Å²) in [4.78, 5) is 14.1. The smallest absolute Gasteiger partial charge is 0.326 e. The molecule has 1 saturated heterocycles. The van der Waals surface area contributed by atoms with Gasteiger partial charge in [0.1, 0.15) is 11.6 Å². The zero-order chi connectivity index (χ0) is 21.4. The number of morpholine rings is 1. The van der Waals surface area contributed by atoms with Crippen LogP contribution in [0.2, 0.25) is 0 Å². The summed E-state index contributed by atoms with van der Waals surface area (Å²) in [5.41, 5.74) is 2.50. The van der Waals surface area contributed by atoms with Crippen LogP contribution in [-0.4, -0.2) is 51.5 Å². The van der Waals surface area contributed by atoms with E-state index in [1.807, 2.05) is 26.0 Å². The quantitative estimate of drug-likeness (QED) is 0.448. The number of hydrogen-bond acceptors (Lipinski definition) is 7. The lowest BCUT2D eigenvalue weighted by Crippen LogP contribution is -2.36. The third-order valence-electron chi connectivity index (χ3n) is 5.03. The molecule has 1 fully saturated rings. The molecule has 3 aromatic heterocycles. The summed E-state index contributed by atoms with van der Waals surface area (Å²) < 4.78 is 26.3. The Balaban J connectivity index is 1.50. The van der Waals surface area contributed by atoms with Crippen LogP contribution in [-0.2, 0) is 4.74 Å². The number of anilines is 3. The number of aromatic nitrogens is 5. The van der Waals surface area contributed by atoms with E-state index in [9.17, 15) is 0 Å². The van der Waals surface area contributed by atoms with Crippen molar-refractivity contribution in [2.45, 2.75) is 13.8 Å². The summed E-state index contributed by atoms with van der Waals surface area (Å²) in [6, 6.07) is 8.82. The van der Waals surface area contributed by atoms with Gasteiger partial charge in [-0.25, -0.2) is 4.39 Å². The Kier molecular flexibility index (Phi) is 4.91. The minimum absolute atomic E-state index is 0.0456. The van der Waals surface area contributed by atoms with E-state index < -0.39 is 5.82 Å². The van der Waals surface area contributed by atoms with Crippen LogP contribution in [0.1, 0.15) is 11.4 Å². The SMILES string of the molecule is Cc1cc(Nc2cc(N3CCOCC3)nc(Oc3ccc4[nH]c(C)cc4c3F)n2)n[nH]1. The number of rotatable bonds is 5. The number of ether oxygens (including phenoxy) is 2. The molecular formula is C21H22FN7O2. The first-order chi connectivity index (χ1) is 15.0. The fourth-order valence-electron chi connectivity index (χ4n) is 3.56. The molecule has 0 radical (unpaired) electrons. The number of H-pyrrole nitrogens is 2. The van der Waals surface area contributed by atoms with Crippen LogP contribution in [0.3, 0.4) is 0 Å². The van der Waals surface area contributed by atoms with Gasteiger partial charge in [0.25, 0.3) is 0 Å². The molecule has 0 unspecified atom stereocenters. The van der Waals surface area contributed by atoms with Gasteiger partial charge < -0.3 is 24.7 Å². The van der Waals surface area contributed by atoms with Gasteiger partial charge >= 0.3 is 6.01 Å². The van der Waals surface area contributed by atoms with Gasteiger partial charge in [0.05, 0.1) is 13.2 Å². The second-order valence-corrected chi connectivity index (χ2v) is 7.45. The predicted octanol–water partition coefficient (Wildman–Crippen LogP) is 3.81. The lowest BCUT2D eigenvalue weighted by molar-refractivity contribution is 0.122. The molecule has 0 amide bonds. The number of aryl methyl sites for hydroxylation is 2. The Morgan fingerprint density at radius 2 is 1.90 bits per heavy atom. The minimum Gasteiger partial charge on any atom is -0.421 e. The molecule has 9 nitrogen and oxygen atoms in total. The first-order valence-electron chi connectivity index (χ1n) is 10.0. The molecule has 31 heavy (non-hydrogen) atoms. The van der Waals surface area contributed by atoms with Crippen molar-refractivity contribution in [1.82, 2.24) is 25.1 Å². The van der Waals surface area contributed by atoms with Gasteiger partial charge in [0, 0.05) is 47.5 Å². The Morgan fingerprint density at radius 3 is 2.68 bits per heavy atom. The highest BCUT2D eigenvalue weighted by atomic mass is 19.1. The van der Waals surface area contributed by atoms with Crippen molar-refractivity contribution in [3.8, 4) is 11.8 Å². The van der Waals surface area contributed by atoms with Crippen LogP contribution in [0.5, 0.6) is 11.8 Å². The maximum atomic E-state index is 15.0. The Morgan fingerprint density at radius 1 is 1.06 bits per heavy atom. The lowest BCUT2D eigenvalue weighted by Gasteiger charge is -2.28. The van der Waals surface area contributed by atoms with Gasteiger partial charge in [-0.05, 0) is 32.0 Å². The van der Waals surface area contributed by atoms with Gasteiger partial charge in [-0.15, -0.1) is 0 Å². The number of hydrogen-bond donors (Lipinski definition) is 3. The van der Waals surface area contributed by atoms with Crippen LogP contribution >= 0.6 is 0 Å². The zero-order valence-electron chi connectivity index (χ0n) is 17.2. The first-order valence-corrected chi connectivity index (χ1v) is 10.0. The van der Waals surface area contributed by atoms with E-state index in [0.717, 1.165) is 11.4 Å². The number of nitrogens with zero attached hydrogens (tertiary/aromatic N) is 4. The molecule has 0 atom stereocenters. The Hall–Kier alpha value is -3.66. The maximum Gasteiger partial charge on any atom is 0.326 e. The van der Waals surface area contributed by atoms with Crippen LogP contribution in [0.25, 0.3) is 10.9 Å². The van der Waals surface area contributed by atoms with E-state index in [2.05, 4.69) is 35.4 Å². The fourth-order valence-corrected chi connectivity index (χ4v) is 3.56. The summed E-state index contributed by atoms with van der Waals surface area (Å²) in [6.45, 7) is 6.40. The van der Waals surface area contributed by atoms with Crippen molar-refractivity contribution >= 4 is 28.4 Å². The number of fused-ring (bicyclic) bond motifs is 1. The van der Waals surface area contributed by atoms with Crippen molar-refractivity contribution in [2.24, 2.45) is 0 Å². The lowest BCUT2D eigenvalue weighted by atomic mass is 10.2. The largest absolute Gasteiger partial charge is 0.421 e. The summed E-state index contributed by atoms with van der Waals surface area (Å²) >= 11 is 0. The van der Waals surface area contributed by atoms with E-state index in [1.165, 1.54) is 0 Å². The second kappa shape index (κ2) is 7.88. The number of nitrogens with one attached hydrogen (secondary N) is 3. The molecule has 1 aliphatic heterocycles. The van der Waals surface area contributed by atoms with Crippen LogP contribution in [0, 0.1) is 19.7 Å². The van der Waals surface area contributed by atoms with Gasteiger partial charge in [-0.3, -0.25) is 5.10 Å². The monoisotopic (exact) mass is 423 g/mol. The molecule has 160 valence electrons. The van der Waals surface area contributed by atoms with Crippen molar-refractivity contribution < 1.29 is 13.9 Å². The molecule has 4 aromatic rings. The van der Waals surface area contributed by atoms with E-state index in [0.29, 0.717) is 54.7 Å². The van der Waals surface area contributed by atoms with Crippen LogP contribution in [0.15, 0.2) is 30.3 Å².